The Morgan fingerprint density at radius 1 is 1.26 bits per heavy atom. The smallest absolute Gasteiger partial charge is 0.226 e. The number of nitrogens with zero attached hydrogens (tertiary/aromatic N) is 3. The van der Waals surface area contributed by atoms with Crippen molar-refractivity contribution in [3.63, 3.8) is 0 Å². The number of ether oxygens (including phenoxy) is 1. The SMILES string of the molecule is COc1ccc([C@@H]2C=C3Nc4ncnn4[C@@H](c4cccs4)[C@@H]3C(=O)C2)cc1. The molecule has 1 N–H and O–H groups in total. The number of nitrogens with one attached hydrogen (secondary N) is 1. The van der Waals surface area contributed by atoms with Crippen LogP contribution >= 0.6 is 11.3 Å². The molecule has 5 rings (SSSR count). The van der Waals surface area contributed by atoms with Crippen molar-refractivity contribution >= 4 is 23.1 Å². The fourth-order valence-electron chi connectivity index (χ4n) is 3.99. The number of carbonyl (C=O) groups is 1. The van der Waals surface area contributed by atoms with E-state index in [-0.39, 0.29) is 23.7 Å². The predicted octanol–water partition coefficient (Wildman–Crippen LogP) is 3.62. The van der Waals surface area contributed by atoms with Crippen molar-refractivity contribution in [3.8, 4) is 5.75 Å². The molecule has 1 aliphatic carbocycles. The number of aromatic nitrogens is 3. The molecule has 1 aliphatic heterocycles. The third kappa shape index (κ3) is 2.66. The summed E-state index contributed by atoms with van der Waals surface area (Å²) in [5.74, 6) is 1.50. The van der Waals surface area contributed by atoms with Gasteiger partial charge in [0.05, 0.1) is 13.0 Å². The molecule has 2 aromatic heterocycles. The Morgan fingerprint density at radius 3 is 2.85 bits per heavy atom. The van der Waals surface area contributed by atoms with Crippen LogP contribution < -0.4 is 10.1 Å². The molecule has 3 aromatic rings. The molecule has 0 saturated carbocycles. The first-order chi connectivity index (χ1) is 13.2. The molecule has 1 aromatic carbocycles. The molecule has 6 nitrogen and oxygen atoms in total. The second-order valence-electron chi connectivity index (χ2n) is 6.76. The Morgan fingerprint density at radius 2 is 2.11 bits per heavy atom. The highest BCUT2D eigenvalue weighted by molar-refractivity contribution is 7.10. The van der Waals surface area contributed by atoms with Crippen molar-refractivity contribution in [2.45, 2.75) is 18.4 Å². The maximum Gasteiger partial charge on any atom is 0.226 e. The molecule has 0 fully saturated rings. The number of fused-ring (bicyclic) bond motifs is 2. The van der Waals surface area contributed by atoms with E-state index >= 15 is 0 Å². The van der Waals surface area contributed by atoms with Crippen LogP contribution in [0, 0.1) is 5.92 Å². The van der Waals surface area contributed by atoms with Gasteiger partial charge < -0.3 is 10.1 Å². The largest absolute Gasteiger partial charge is 0.497 e. The van der Waals surface area contributed by atoms with Crippen molar-refractivity contribution in [3.05, 3.63) is 70.3 Å². The minimum absolute atomic E-state index is 0.0422. The van der Waals surface area contributed by atoms with Crippen LogP contribution in [0.25, 0.3) is 0 Å². The van der Waals surface area contributed by atoms with Crippen molar-refractivity contribution in [2.75, 3.05) is 12.4 Å². The molecule has 136 valence electrons. The number of hydrogen-bond acceptors (Lipinski definition) is 6. The van der Waals surface area contributed by atoms with Gasteiger partial charge in [-0.15, -0.1) is 11.3 Å². The van der Waals surface area contributed by atoms with Crippen LogP contribution in [0.2, 0.25) is 0 Å². The molecule has 0 saturated heterocycles. The van der Waals surface area contributed by atoms with Gasteiger partial charge >= 0.3 is 0 Å². The molecule has 27 heavy (non-hydrogen) atoms. The Balaban J connectivity index is 1.57. The molecule has 7 heteroatoms. The van der Waals surface area contributed by atoms with Crippen LogP contribution in [-0.2, 0) is 4.79 Å². The maximum absolute atomic E-state index is 13.2. The Bertz CT molecular complexity index is 1010. The highest BCUT2D eigenvalue weighted by atomic mass is 32.1. The lowest BCUT2D eigenvalue weighted by atomic mass is 9.77. The zero-order valence-electron chi connectivity index (χ0n) is 14.7. The number of ketones is 1. The summed E-state index contributed by atoms with van der Waals surface area (Å²) in [6.07, 6.45) is 4.19. The first kappa shape index (κ1) is 16.3. The first-order valence-corrected chi connectivity index (χ1v) is 9.71. The number of thiophene rings is 1. The lowest BCUT2D eigenvalue weighted by Crippen LogP contribution is -2.39. The number of anilines is 1. The Kier molecular flexibility index (Phi) is 3.82. The Hall–Kier alpha value is -2.93. The second kappa shape index (κ2) is 6.35. The van der Waals surface area contributed by atoms with E-state index in [0.29, 0.717) is 12.4 Å². The normalized spacial score (nSPS) is 23.8. The van der Waals surface area contributed by atoms with Crippen molar-refractivity contribution in [2.24, 2.45) is 5.92 Å². The van der Waals surface area contributed by atoms with Gasteiger partial charge in [-0.3, -0.25) is 4.79 Å². The average Bonchev–Trinajstić information content (AvgIpc) is 3.38. The molecule has 3 heterocycles. The number of hydrogen-bond donors (Lipinski definition) is 1. The standard InChI is InChI=1S/C20H18N4O2S/c1-26-14-6-4-12(5-7-14)13-9-15-18(16(25)10-13)19(17-3-2-8-27-17)24-20(23-15)21-11-22-24/h2-9,11,13,18-19H,10H2,1H3,(H,21,22,23)/t13-,18+,19+/m1/s1. The van der Waals surface area contributed by atoms with E-state index in [4.69, 9.17) is 4.74 Å². The van der Waals surface area contributed by atoms with E-state index < -0.39 is 0 Å². The number of rotatable bonds is 3. The molecule has 0 amide bonds. The summed E-state index contributed by atoms with van der Waals surface area (Å²) >= 11 is 1.65. The molecule has 0 bridgehead atoms. The Labute approximate surface area is 160 Å². The van der Waals surface area contributed by atoms with Crippen LogP contribution in [0.15, 0.2) is 59.9 Å². The summed E-state index contributed by atoms with van der Waals surface area (Å²) in [4.78, 5) is 18.7. The molecular formula is C20H18N4O2S. The summed E-state index contributed by atoms with van der Waals surface area (Å²) in [7, 11) is 1.65. The van der Waals surface area contributed by atoms with E-state index in [2.05, 4.69) is 27.5 Å². The van der Waals surface area contributed by atoms with E-state index in [9.17, 15) is 4.79 Å². The number of carbonyl (C=O) groups excluding carboxylic acids is 1. The lowest BCUT2D eigenvalue weighted by molar-refractivity contribution is -0.123. The van der Waals surface area contributed by atoms with Gasteiger partial charge in [0.2, 0.25) is 5.95 Å². The van der Waals surface area contributed by atoms with Crippen molar-refractivity contribution in [1.29, 1.82) is 0 Å². The fourth-order valence-corrected chi connectivity index (χ4v) is 4.83. The van der Waals surface area contributed by atoms with Gasteiger partial charge in [0.15, 0.2) is 0 Å². The zero-order valence-corrected chi connectivity index (χ0v) is 15.5. The summed E-state index contributed by atoms with van der Waals surface area (Å²) in [5.41, 5.74) is 2.03. The van der Waals surface area contributed by atoms with E-state index in [1.165, 1.54) is 6.33 Å². The predicted molar refractivity (Wildman–Crippen MR) is 103 cm³/mol. The minimum Gasteiger partial charge on any atom is -0.497 e. The maximum atomic E-state index is 13.2. The van der Waals surface area contributed by atoms with Crippen LogP contribution in [0.4, 0.5) is 5.95 Å². The monoisotopic (exact) mass is 378 g/mol. The number of allylic oxidation sites excluding steroid dienone is 2. The highest BCUT2D eigenvalue weighted by Crippen LogP contribution is 2.45. The highest BCUT2D eigenvalue weighted by Gasteiger charge is 2.43. The van der Waals surface area contributed by atoms with E-state index in [1.807, 2.05) is 40.4 Å². The summed E-state index contributed by atoms with van der Waals surface area (Å²) in [5, 5.41) is 9.74. The van der Waals surface area contributed by atoms with Gasteiger partial charge in [0.1, 0.15) is 23.9 Å². The number of benzene rings is 1. The fraction of sp³-hybridized carbons (Fsp3) is 0.250. The second-order valence-corrected chi connectivity index (χ2v) is 7.74. The van der Waals surface area contributed by atoms with Gasteiger partial charge in [-0.1, -0.05) is 24.3 Å². The van der Waals surface area contributed by atoms with E-state index in [0.717, 1.165) is 21.9 Å². The van der Waals surface area contributed by atoms with Crippen molar-refractivity contribution < 1.29 is 9.53 Å². The van der Waals surface area contributed by atoms with Crippen LogP contribution in [0.5, 0.6) is 5.75 Å². The quantitative estimate of drug-likeness (QED) is 0.754. The molecule has 2 aliphatic rings. The first-order valence-electron chi connectivity index (χ1n) is 8.83. The van der Waals surface area contributed by atoms with Crippen LogP contribution in [0.1, 0.15) is 28.8 Å². The molecule has 3 atom stereocenters. The van der Waals surface area contributed by atoms with E-state index in [1.54, 1.807) is 18.4 Å². The molecule has 0 unspecified atom stereocenters. The third-order valence-corrected chi connectivity index (χ3v) is 6.21. The number of Topliss-reactive ketones (excluding diaryl/α,β-unsaturated/α-hetero) is 1. The number of methoxy groups -OCH3 is 1. The molecular weight excluding hydrogens is 360 g/mol. The van der Waals surface area contributed by atoms with Crippen molar-refractivity contribution in [1.82, 2.24) is 14.8 Å². The van der Waals surface area contributed by atoms with Gasteiger partial charge in [0.25, 0.3) is 0 Å². The summed E-state index contributed by atoms with van der Waals surface area (Å²) in [6, 6.07) is 11.8. The van der Waals surface area contributed by atoms with Gasteiger partial charge in [-0.25, -0.2) is 4.68 Å². The minimum atomic E-state index is -0.257. The summed E-state index contributed by atoms with van der Waals surface area (Å²) < 4.78 is 7.07. The van der Waals surface area contributed by atoms with Gasteiger partial charge in [-0.2, -0.15) is 10.1 Å². The average molecular weight is 378 g/mol. The summed E-state index contributed by atoms with van der Waals surface area (Å²) in [6.45, 7) is 0. The molecule has 0 spiro atoms. The van der Waals surface area contributed by atoms with Gasteiger partial charge in [-0.05, 0) is 29.1 Å². The van der Waals surface area contributed by atoms with Crippen LogP contribution in [-0.4, -0.2) is 27.7 Å². The van der Waals surface area contributed by atoms with Crippen LogP contribution in [0.3, 0.4) is 0 Å². The lowest BCUT2D eigenvalue weighted by Gasteiger charge is -2.37. The third-order valence-electron chi connectivity index (χ3n) is 5.27. The molecule has 0 radical (unpaired) electrons. The van der Waals surface area contributed by atoms with Gasteiger partial charge in [0, 0.05) is 22.9 Å². The zero-order chi connectivity index (χ0) is 18.4. The topological polar surface area (TPSA) is 69.0 Å².